The average Bonchev–Trinajstić information content (AvgIpc) is 2.96. The minimum atomic E-state index is -4.75. The van der Waals surface area contributed by atoms with Gasteiger partial charge in [-0.3, -0.25) is 4.79 Å². The first kappa shape index (κ1) is 17.2. The van der Waals surface area contributed by atoms with E-state index in [1.807, 2.05) is 24.3 Å². The molecule has 0 aliphatic carbocycles. The summed E-state index contributed by atoms with van der Waals surface area (Å²) in [6, 6.07) is 12.6. The minimum absolute atomic E-state index is 0.263. The van der Waals surface area contributed by atoms with Gasteiger partial charge in [-0.15, -0.1) is 24.5 Å². The number of rotatable bonds is 5. The van der Waals surface area contributed by atoms with Crippen LogP contribution in [0.25, 0.3) is 10.2 Å². The number of carbonyl (C=O) groups excluding carboxylic acids is 1. The average molecular weight is 366 g/mol. The van der Waals surface area contributed by atoms with Crippen molar-refractivity contribution in [2.45, 2.75) is 12.8 Å². The Balaban J connectivity index is 1.53. The van der Waals surface area contributed by atoms with Crippen LogP contribution >= 0.6 is 11.3 Å². The molecule has 3 rings (SSSR count). The van der Waals surface area contributed by atoms with E-state index >= 15 is 0 Å². The fourth-order valence-electron chi connectivity index (χ4n) is 2.22. The minimum Gasteiger partial charge on any atom is -0.406 e. The van der Waals surface area contributed by atoms with Crippen molar-refractivity contribution < 1.29 is 22.7 Å². The summed E-state index contributed by atoms with van der Waals surface area (Å²) < 4.78 is 41.1. The quantitative estimate of drug-likeness (QED) is 0.737. The van der Waals surface area contributed by atoms with E-state index in [2.05, 4.69) is 15.0 Å². The number of fused-ring (bicyclic) bond motifs is 1. The lowest BCUT2D eigenvalue weighted by Gasteiger charge is -2.09. The smallest absolute Gasteiger partial charge is 0.406 e. The Labute approximate surface area is 145 Å². The van der Waals surface area contributed by atoms with E-state index in [1.165, 1.54) is 12.1 Å². The van der Waals surface area contributed by atoms with E-state index in [1.54, 1.807) is 11.3 Å². The second kappa shape index (κ2) is 7.10. The summed E-state index contributed by atoms with van der Waals surface area (Å²) in [5.41, 5.74) is 1.19. The highest BCUT2D eigenvalue weighted by Gasteiger charge is 2.31. The summed E-state index contributed by atoms with van der Waals surface area (Å²) in [5, 5.41) is 3.64. The van der Waals surface area contributed by atoms with Gasteiger partial charge in [0, 0.05) is 18.5 Å². The lowest BCUT2D eigenvalue weighted by Crippen LogP contribution is -2.25. The molecular weight excluding hydrogens is 353 g/mol. The van der Waals surface area contributed by atoms with Gasteiger partial charge in [-0.1, -0.05) is 12.1 Å². The predicted octanol–water partition coefficient (Wildman–Crippen LogP) is 4.17. The summed E-state index contributed by atoms with van der Waals surface area (Å²) >= 11 is 1.57. The fraction of sp³-hybridized carbons (Fsp3) is 0.176. The number of ether oxygens (including phenoxy) is 1. The zero-order chi connectivity index (χ0) is 17.9. The second-order valence-electron chi connectivity index (χ2n) is 5.15. The fourth-order valence-corrected chi connectivity index (χ4v) is 3.19. The molecule has 0 spiro atoms. The first-order valence-electron chi connectivity index (χ1n) is 7.39. The molecule has 130 valence electrons. The number of hydrogen-bond donors (Lipinski definition) is 1. The number of carbonyl (C=O) groups is 1. The zero-order valence-electron chi connectivity index (χ0n) is 12.8. The molecule has 0 radical (unpaired) electrons. The summed E-state index contributed by atoms with van der Waals surface area (Å²) in [4.78, 5) is 16.5. The highest BCUT2D eigenvalue weighted by atomic mass is 32.1. The van der Waals surface area contributed by atoms with Crippen LogP contribution in [0.2, 0.25) is 0 Å². The van der Waals surface area contributed by atoms with Gasteiger partial charge >= 0.3 is 6.36 Å². The maximum Gasteiger partial charge on any atom is 0.573 e. The Morgan fingerprint density at radius 1 is 1.12 bits per heavy atom. The van der Waals surface area contributed by atoms with Gasteiger partial charge < -0.3 is 10.1 Å². The molecule has 0 fully saturated rings. The van der Waals surface area contributed by atoms with Crippen molar-refractivity contribution in [1.82, 2.24) is 10.3 Å². The Morgan fingerprint density at radius 3 is 2.52 bits per heavy atom. The Hall–Kier alpha value is -2.61. The van der Waals surface area contributed by atoms with E-state index in [0.717, 1.165) is 27.4 Å². The molecule has 2 aromatic carbocycles. The summed E-state index contributed by atoms with van der Waals surface area (Å²) in [5.74, 6) is -0.724. The molecule has 4 nitrogen and oxygen atoms in total. The number of amides is 1. The summed E-state index contributed by atoms with van der Waals surface area (Å²) in [6.45, 7) is 0.388. The first-order chi connectivity index (χ1) is 11.9. The molecule has 1 N–H and O–H groups in total. The van der Waals surface area contributed by atoms with Gasteiger partial charge in [0.1, 0.15) is 5.75 Å². The molecule has 8 heteroatoms. The molecule has 0 bridgehead atoms. The van der Waals surface area contributed by atoms with Crippen molar-refractivity contribution >= 4 is 27.5 Å². The van der Waals surface area contributed by atoms with Crippen LogP contribution in [0.5, 0.6) is 5.75 Å². The van der Waals surface area contributed by atoms with Crippen molar-refractivity contribution in [3.05, 3.63) is 59.1 Å². The maximum absolute atomic E-state index is 12.1. The number of benzene rings is 2. The van der Waals surface area contributed by atoms with Crippen molar-refractivity contribution in [1.29, 1.82) is 0 Å². The number of nitrogens with one attached hydrogen (secondary N) is 1. The van der Waals surface area contributed by atoms with Gasteiger partial charge in [-0.05, 0) is 36.4 Å². The number of halogens is 3. The number of hydrogen-bond acceptors (Lipinski definition) is 4. The van der Waals surface area contributed by atoms with Crippen LogP contribution in [0, 0.1) is 0 Å². The monoisotopic (exact) mass is 366 g/mol. The standard InChI is InChI=1S/C17H13F3N2O2S/c18-17(19,20)24-12-7-5-11(6-8-12)16(23)21-10-9-15-22-13-3-1-2-4-14(13)25-15/h1-8H,9-10H2,(H,21,23). The Morgan fingerprint density at radius 2 is 1.84 bits per heavy atom. The molecular formula is C17H13F3N2O2S. The van der Waals surface area contributed by atoms with Gasteiger partial charge in [-0.2, -0.15) is 0 Å². The molecule has 0 atom stereocenters. The number of aromatic nitrogens is 1. The molecule has 0 saturated heterocycles. The van der Waals surface area contributed by atoms with Crippen molar-refractivity contribution in [3.8, 4) is 5.75 Å². The number of nitrogens with zero attached hydrogens (tertiary/aromatic N) is 1. The van der Waals surface area contributed by atoms with Crippen molar-refractivity contribution in [3.63, 3.8) is 0 Å². The van der Waals surface area contributed by atoms with Crippen molar-refractivity contribution in [2.75, 3.05) is 6.54 Å². The summed E-state index contributed by atoms with van der Waals surface area (Å²) in [7, 11) is 0. The normalized spacial score (nSPS) is 11.5. The molecule has 3 aromatic rings. The molecule has 0 saturated carbocycles. The molecule has 0 aliphatic rings. The number of thiazole rings is 1. The third kappa shape index (κ3) is 4.69. The Bertz CT molecular complexity index is 842. The highest BCUT2D eigenvalue weighted by molar-refractivity contribution is 7.18. The molecule has 0 unspecified atom stereocenters. The number of alkyl halides is 3. The van der Waals surface area contributed by atoms with E-state index in [4.69, 9.17) is 0 Å². The summed E-state index contributed by atoms with van der Waals surface area (Å²) in [6.07, 6.45) is -4.17. The van der Waals surface area contributed by atoms with E-state index in [0.29, 0.717) is 13.0 Å². The topological polar surface area (TPSA) is 51.2 Å². The Kier molecular flexibility index (Phi) is 4.89. The van der Waals surface area contributed by atoms with Gasteiger partial charge in [-0.25, -0.2) is 4.98 Å². The van der Waals surface area contributed by atoms with Crippen molar-refractivity contribution in [2.24, 2.45) is 0 Å². The molecule has 1 aromatic heterocycles. The van der Waals surface area contributed by atoms with E-state index < -0.39 is 6.36 Å². The van der Waals surface area contributed by atoms with Crippen LogP contribution in [0.4, 0.5) is 13.2 Å². The van der Waals surface area contributed by atoms with Crippen LogP contribution in [0.15, 0.2) is 48.5 Å². The van der Waals surface area contributed by atoms with E-state index in [-0.39, 0.29) is 17.2 Å². The van der Waals surface area contributed by atoms with Crippen LogP contribution in [0.3, 0.4) is 0 Å². The molecule has 1 amide bonds. The zero-order valence-corrected chi connectivity index (χ0v) is 13.7. The van der Waals surface area contributed by atoms with E-state index in [9.17, 15) is 18.0 Å². The van der Waals surface area contributed by atoms with Gasteiger partial charge in [0.15, 0.2) is 0 Å². The highest BCUT2D eigenvalue weighted by Crippen LogP contribution is 2.23. The van der Waals surface area contributed by atoms with Gasteiger partial charge in [0.05, 0.1) is 15.2 Å². The predicted molar refractivity (Wildman–Crippen MR) is 88.8 cm³/mol. The van der Waals surface area contributed by atoms with Gasteiger partial charge in [0.2, 0.25) is 0 Å². The number of para-hydroxylation sites is 1. The van der Waals surface area contributed by atoms with Crippen LogP contribution in [-0.2, 0) is 6.42 Å². The third-order valence-electron chi connectivity index (χ3n) is 3.31. The van der Waals surface area contributed by atoms with Crippen LogP contribution in [0.1, 0.15) is 15.4 Å². The van der Waals surface area contributed by atoms with Crippen LogP contribution in [-0.4, -0.2) is 23.8 Å². The lowest BCUT2D eigenvalue weighted by molar-refractivity contribution is -0.274. The molecule has 1 heterocycles. The second-order valence-corrected chi connectivity index (χ2v) is 6.27. The first-order valence-corrected chi connectivity index (χ1v) is 8.21. The molecule has 0 aliphatic heterocycles. The largest absolute Gasteiger partial charge is 0.573 e. The third-order valence-corrected chi connectivity index (χ3v) is 4.41. The molecule has 25 heavy (non-hydrogen) atoms. The van der Waals surface area contributed by atoms with Gasteiger partial charge in [0.25, 0.3) is 5.91 Å². The SMILES string of the molecule is O=C(NCCc1nc2ccccc2s1)c1ccc(OC(F)(F)F)cc1. The maximum atomic E-state index is 12.1. The van der Waals surface area contributed by atoms with Crippen LogP contribution < -0.4 is 10.1 Å². The lowest BCUT2D eigenvalue weighted by atomic mass is 10.2.